The SMILES string of the molecule is CC(C)CC(N)C(=O)NCC(C)(C)C#N. The van der Waals surface area contributed by atoms with Crippen LogP contribution in [0.3, 0.4) is 0 Å². The molecular formula is C11H21N3O. The minimum atomic E-state index is -0.535. The van der Waals surface area contributed by atoms with E-state index in [1.54, 1.807) is 13.8 Å². The van der Waals surface area contributed by atoms with Crippen molar-refractivity contribution in [3.8, 4) is 6.07 Å². The largest absolute Gasteiger partial charge is 0.353 e. The number of carbonyl (C=O) groups is 1. The van der Waals surface area contributed by atoms with Crippen molar-refractivity contribution in [3.63, 3.8) is 0 Å². The van der Waals surface area contributed by atoms with Gasteiger partial charge in [-0.05, 0) is 26.2 Å². The predicted octanol–water partition coefficient (Wildman–Crippen LogP) is 1.03. The van der Waals surface area contributed by atoms with Crippen LogP contribution in [-0.4, -0.2) is 18.5 Å². The van der Waals surface area contributed by atoms with E-state index in [4.69, 9.17) is 11.0 Å². The number of nitrogens with one attached hydrogen (secondary N) is 1. The topological polar surface area (TPSA) is 78.9 Å². The zero-order valence-corrected chi connectivity index (χ0v) is 10.0. The van der Waals surface area contributed by atoms with E-state index in [1.807, 2.05) is 13.8 Å². The van der Waals surface area contributed by atoms with Crippen LogP contribution in [0.2, 0.25) is 0 Å². The second-order valence-electron chi connectivity index (χ2n) is 4.95. The van der Waals surface area contributed by atoms with Crippen LogP contribution in [0.4, 0.5) is 0 Å². The van der Waals surface area contributed by atoms with Gasteiger partial charge >= 0.3 is 0 Å². The average molecular weight is 211 g/mol. The molecule has 1 amide bonds. The van der Waals surface area contributed by atoms with Crippen molar-refractivity contribution in [3.05, 3.63) is 0 Å². The highest BCUT2D eigenvalue weighted by molar-refractivity contribution is 5.81. The third-order valence-corrected chi connectivity index (χ3v) is 2.07. The Bertz CT molecular complexity index is 253. The van der Waals surface area contributed by atoms with Crippen LogP contribution in [0.1, 0.15) is 34.1 Å². The Morgan fingerprint density at radius 2 is 2.07 bits per heavy atom. The van der Waals surface area contributed by atoms with Gasteiger partial charge < -0.3 is 11.1 Å². The molecule has 0 spiro atoms. The number of rotatable bonds is 5. The molecule has 1 atom stereocenters. The Balaban J connectivity index is 4.00. The number of amides is 1. The summed E-state index contributed by atoms with van der Waals surface area (Å²) in [5.41, 5.74) is 5.16. The molecule has 0 rings (SSSR count). The Kier molecular flexibility index (Phi) is 5.31. The molecule has 0 aliphatic heterocycles. The summed E-state index contributed by atoms with van der Waals surface area (Å²) < 4.78 is 0. The predicted molar refractivity (Wildman–Crippen MR) is 59.8 cm³/mol. The van der Waals surface area contributed by atoms with Gasteiger partial charge in [-0.3, -0.25) is 4.79 Å². The molecule has 0 bridgehead atoms. The summed E-state index contributed by atoms with van der Waals surface area (Å²) in [6, 6.07) is 1.65. The molecule has 0 aliphatic carbocycles. The van der Waals surface area contributed by atoms with Crippen LogP contribution in [0.5, 0.6) is 0 Å². The Morgan fingerprint density at radius 1 is 1.53 bits per heavy atom. The second kappa shape index (κ2) is 5.72. The maximum atomic E-state index is 11.5. The van der Waals surface area contributed by atoms with Gasteiger partial charge in [0.25, 0.3) is 0 Å². The Hall–Kier alpha value is -1.08. The van der Waals surface area contributed by atoms with Gasteiger partial charge in [-0.1, -0.05) is 13.8 Å². The molecular weight excluding hydrogens is 190 g/mol. The monoisotopic (exact) mass is 211 g/mol. The summed E-state index contributed by atoms with van der Waals surface area (Å²) in [4.78, 5) is 11.5. The van der Waals surface area contributed by atoms with Crippen molar-refractivity contribution >= 4 is 5.91 Å². The van der Waals surface area contributed by atoms with Crippen LogP contribution < -0.4 is 11.1 Å². The standard InChI is InChI=1S/C11H21N3O/c1-8(2)5-9(13)10(15)14-7-11(3,4)6-12/h8-9H,5,7,13H2,1-4H3,(H,14,15). The molecule has 4 nitrogen and oxygen atoms in total. The molecule has 0 saturated carbocycles. The number of nitriles is 1. The van der Waals surface area contributed by atoms with Crippen molar-refractivity contribution in [1.29, 1.82) is 5.26 Å². The lowest BCUT2D eigenvalue weighted by Gasteiger charge is -2.19. The highest BCUT2D eigenvalue weighted by Crippen LogP contribution is 2.11. The molecule has 0 aromatic heterocycles. The van der Waals surface area contributed by atoms with E-state index in [0.717, 1.165) is 0 Å². The molecule has 0 fully saturated rings. The van der Waals surface area contributed by atoms with E-state index in [2.05, 4.69) is 11.4 Å². The molecule has 0 saturated heterocycles. The average Bonchev–Trinajstić information content (AvgIpc) is 2.13. The second-order valence-corrected chi connectivity index (χ2v) is 4.95. The number of hydrogen-bond acceptors (Lipinski definition) is 3. The molecule has 3 N–H and O–H groups in total. The van der Waals surface area contributed by atoms with E-state index in [1.165, 1.54) is 0 Å². The first kappa shape index (κ1) is 13.9. The van der Waals surface area contributed by atoms with Gasteiger partial charge in [0.05, 0.1) is 17.5 Å². The summed E-state index contributed by atoms with van der Waals surface area (Å²) in [5, 5.41) is 11.5. The first-order valence-electron chi connectivity index (χ1n) is 5.23. The van der Waals surface area contributed by atoms with Crippen molar-refractivity contribution in [2.24, 2.45) is 17.1 Å². The van der Waals surface area contributed by atoms with Crippen molar-refractivity contribution in [2.75, 3.05) is 6.54 Å². The van der Waals surface area contributed by atoms with Crippen LogP contribution in [0.25, 0.3) is 0 Å². The fourth-order valence-electron chi connectivity index (χ4n) is 1.09. The molecule has 0 aromatic rings. The summed E-state index contributed by atoms with van der Waals surface area (Å²) in [6.07, 6.45) is 0.665. The van der Waals surface area contributed by atoms with Gasteiger partial charge in [0.1, 0.15) is 0 Å². The number of nitrogens with zero attached hydrogens (tertiary/aromatic N) is 1. The Morgan fingerprint density at radius 3 is 2.47 bits per heavy atom. The lowest BCUT2D eigenvalue weighted by molar-refractivity contribution is -0.123. The maximum absolute atomic E-state index is 11.5. The van der Waals surface area contributed by atoms with Gasteiger partial charge in [0.15, 0.2) is 0 Å². The minimum Gasteiger partial charge on any atom is -0.353 e. The minimum absolute atomic E-state index is 0.174. The molecule has 0 aliphatic rings. The van der Waals surface area contributed by atoms with E-state index >= 15 is 0 Å². The summed E-state index contributed by atoms with van der Waals surface area (Å²) in [6.45, 7) is 7.94. The van der Waals surface area contributed by atoms with Crippen LogP contribution in [-0.2, 0) is 4.79 Å². The summed E-state index contributed by atoms with van der Waals surface area (Å²) in [7, 11) is 0. The van der Waals surface area contributed by atoms with Crippen molar-refractivity contribution < 1.29 is 4.79 Å². The van der Waals surface area contributed by atoms with Gasteiger partial charge in [-0.2, -0.15) is 5.26 Å². The van der Waals surface area contributed by atoms with E-state index in [-0.39, 0.29) is 5.91 Å². The normalized spacial score (nSPS) is 13.4. The zero-order valence-electron chi connectivity index (χ0n) is 10.0. The lowest BCUT2D eigenvalue weighted by atomic mass is 9.95. The molecule has 0 aromatic carbocycles. The fraction of sp³-hybridized carbons (Fsp3) is 0.818. The van der Waals surface area contributed by atoms with Crippen molar-refractivity contribution in [2.45, 2.75) is 40.2 Å². The van der Waals surface area contributed by atoms with Gasteiger partial charge in [-0.15, -0.1) is 0 Å². The van der Waals surface area contributed by atoms with Crippen LogP contribution in [0.15, 0.2) is 0 Å². The number of carbonyl (C=O) groups excluding carboxylic acids is 1. The van der Waals surface area contributed by atoms with E-state index in [9.17, 15) is 4.79 Å². The molecule has 1 unspecified atom stereocenters. The van der Waals surface area contributed by atoms with Crippen LogP contribution >= 0.6 is 0 Å². The molecule has 86 valence electrons. The third kappa shape index (κ3) is 6.08. The zero-order chi connectivity index (χ0) is 12.1. The first-order chi connectivity index (χ1) is 6.78. The summed E-state index contributed by atoms with van der Waals surface area (Å²) >= 11 is 0. The number of hydrogen-bond donors (Lipinski definition) is 2. The first-order valence-corrected chi connectivity index (χ1v) is 5.23. The quantitative estimate of drug-likeness (QED) is 0.712. The van der Waals surface area contributed by atoms with E-state index in [0.29, 0.717) is 18.9 Å². The van der Waals surface area contributed by atoms with E-state index < -0.39 is 11.5 Å². The smallest absolute Gasteiger partial charge is 0.236 e. The Labute approximate surface area is 91.8 Å². The summed E-state index contributed by atoms with van der Waals surface area (Å²) in [5.74, 6) is 0.224. The molecule has 0 radical (unpaired) electrons. The van der Waals surface area contributed by atoms with Gasteiger partial charge in [0.2, 0.25) is 5.91 Å². The third-order valence-electron chi connectivity index (χ3n) is 2.07. The van der Waals surface area contributed by atoms with Gasteiger partial charge in [-0.25, -0.2) is 0 Å². The number of nitrogens with two attached hydrogens (primary N) is 1. The lowest BCUT2D eigenvalue weighted by Crippen LogP contribution is -2.44. The fourth-order valence-corrected chi connectivity index (χ4v) is 1.09. The van der Waals surface area contributed by atoms with Crippen LogP contribution in [0, 0.1) is 22.7 Å². The maximum Gasteiger partial charge on any atom is 0.236 e. The molecule has 4 heteroatoms. The highest BCUT2D eigenvalue weighted by atomic mass is 16.2. The van der Waals surface area contributed by atoms with Gasteiger partial charge in [0, 0.05) is 6.54 Å². The molecule has 0 heterocycles. The highest BCUT2D eigenvalue weighted by Gasteiger charge is 2.20. The molecule has 15 heavy (non-hydrogen) atoms. The van der Waals surface area contributed by atoms with Crippen molar-refractivity contribution in [1.82, 2.24) is 5.32 Å².